The molecule has 4 heteroatoms. The first-order valence-electron chi connectivity index (χ1n) is 8.17. The van der Waals surface area contributed by atoms with Crippen molar-refractivity contribution in [2.24, 2.45) is 16.6 Å². The summed E-state index contributed by atoms with van der Waals surface area (Å²) in [6.45, 7) is 9.57. The van der Waals surface area contributed by atoms with Crippen LogP contribution < -0.4 is 5.73 Å². The van der Waals surface area contributed by atoms with Gasteiger partial charge >= 0.3 is 0 Å². The molecule has 1 aromatic rings. The van der Waals surface area contributed by atoms with E-state index in [0.717, 1.165) is 19.3 Å². The van der Waals surface area contributed by atoms with E-state index in [-0.39, 0.29) is 29.1 Å². The summed E-state index contributed by atoms with van der Waals surface area (Å²) in [5, 5.41) is 0. The zero-order chi connectivity index (χ0) is 16.8. The maximum atomic E-state index is 12.7. The molecular formula is C19H33ClN2O. The van der Waals surface area contributed by atoms with Crippen molar-refractivity contribution in [3.8, 4) is 0 Å². The molecule has 0 spiro atoms. The van der Waals surface area contributed by atoms with E-state index >= 15 is 0 Å². The second kappa shape index (κ2) is 9.29. The molecule has 0 radical (unpaired) electrons. The van der Waals surface area contributed by atoms with Crippen LogP contribution in [0.1, 0.15) is 46.1 Å². The van der Waals surface area contributed by atoms with Gasteiger partial charge in [0.1, 0.15) is 0 Å². The highest BCUT2D eigenvalue weighted by molar-refractivity contribution is 5.85. The van der Waals surface area contributed by atoms with Gasteiger partial charge in [0.25, 0.3) is 0 Å². The summed E-state index contributed by atoms with van der Waals surface area (Å²) in [4.78, 5) is 14.5. The smallest absolute Gasteiger partial charge is 0.227 e. The van der Waals surface area contributed by atoms with Crippen molar-refractivity contribution in [1.29, 1.82) is 0 Å². The quantitative estimate of drug-likeness (QED) is 0.780. The first kappa shape index (κ1) is 21.9. The fraction of sp³-hybridized carbons (Fsp3) is 0.632. The Morgan fingerprint density at radius 3 is 2.22 bits per heavy atom. The maximum absolute atomic E-state index is 12.7. The van der Waals surface area contributed by atoms with Gasteiger partial charge in [0.2, 0.25) is 5.91 Å². The predicted octanol–water partition coefficient (Wildman–Crippen LogP) is 3.90. The van der Waals surface area contributed by atoms with Crippen molar-refractivity contribution in [3.63, 3.8) is 0 Å². The minimum Gasteiger partial charge on any atom is -0.345 e. The average Bonchev–Trinajstić information content (AvgIpc) is 2.47. The lowest BCUT2D eigenvalue weighted by molar-refractivity contribution is -0.140. The SMILES string of the molecule is CN(CC(C)(C)CN)C(=O)C(C)(C)CCCc1ccccc1.Cl. The summed E-state index contributed by atoms with van der Waals surface area (Å²) in [6, 6.07) is 10.4. The van der Waals surface area contributed by atoms with E-state index in [1.807, 2.05) is 31.9 Å². The van der Waals surface area contributed by atoms with Crippen LogP contribution in [0.25, 0.3) is 0 Å². The van der Waals surface area contributed by atoms with Crippen molar-refractivity contribution in [3.05, 3.63) is 35.9 Å². The zero-order valence-electron chi connectivity index (χ0n) is 15.3. The minimum atomic E-state index is -0.325. The van der Waals surface area contributed by atoms with Gasteiger partial charge in [0.15, 0.2) is 0 Å². The molecule has 0 saturated carbocycles. The number of hydrogen-bond acceptors (Lipinski definition) is 2. The van der Waals surface area contributed by atoms with Gasteiger partial charge in [-0.15, -0.1) is 12.4 Å². The molecule has 0 aliphatic carbocycles. The van der Waals surface area contributed by atoms with Crippen LogP contribution in [0.5, 0.6) is 0 Å². The van der Waals surface area contributed by atoms with Gasteiger partial charge < -0.3 is 10.6 Å². The van der Waals surface area contributed by atoms with Crippen LogP contribution in [0.4, 0.5) is 0 Å². The highest BCUT2D eigenvalue weighted by Crippen LogP contribution is 2.27. The molecular weight excluding hydrogens is 308 g/mol. The number of carbonyl (C=O) groups is 1. The highest BCUT2D eigenvalue weighted by atomic mass is 35.5. The highest BCUT2D eigenvalue weighted by Gasteiger charge is 2.32. The van der Waals surface area contributed by atoms with Crippen LogP contribution in [-0.2, 0) is 11.2 Å². The number of amides is 1. The van der Waals surface area contributed by atoms with Gasteiger partial charge in [-0.25, -0.2) is 0 Å². The summed E-state index contributed by atoms with van der Waals surface area (Å²) in [5.41, 5.74) is 6.74. The lowest BCUT2D eigenvalue weighted by atomic mass is 9.84. The molecule has 2 N–H and O–H groups in total. The molecule has 0 aromatic heterocycles. The molecule has 3 nitrogen and oxygen atoms in total. The number of halogens is 1. The molecule has 23 heavy (non-hydrogen) atoms. The predicted molar refractivity (Wildman–Crippen MR) is 101 cm³/mol. The van der Waals surface area contributed by atoms with Crippen LogP contribution in [0.2, 0.25) is 0 Å². The van der Waals surface area contributed by atoms with Crippen molar-refractivity contribution < 1.29 is 4.79 Å². The van der Waals surface area contributed by atoms with E-state index in [4.69, 9.17) is 5.73 Å². The molecule has 0 saturated heterocycles. The Kier molecular flexibility index (Phi) is 8.86. The van der Waals surface area contributed by atoms with Crippen molar-refractivity contribution in [2.75, 3.05) is 20.1 Å². The van der Waals surface area contributed by atoms with E-state index < -0.39 is 0 Å². The van der Waals surface area contributed by atoms with Crippen molar-refractivity contribution in [1.82, 2.24) is 4.90 Å². The van der Waals surface area contributed by atoms with Crippen LogP contribution in [0, 0.1) is 10.8 Å². The van der Waals surface area contributed by atoms with Gasteiger partial charge in [-0.1, -0.05) is 58.0 Å². The largest absolute Gasteiger partial charge is 0.345 e. The van der Waals surface area contributed by atoms with E-state index in [2.05, 4.69) is 38.1 Å². The van der Waals surface area contributed by atoms with E-state index in [1.165, 1.54) is 5.56 Å². The third kappa shape index (κ3) is 7.36. The van der Waals surface area contributed by atoms with Gasteiger partial charge in [-0.05, 0) is 36.8 Å². The lowest BCUT2D eigenvalue weighted by Crippen LogP contribution is -2.45. The Morgan fingerprint density at radius 1 is 1.13 bits per heavy atom. The van der Waals surface area contributed by atoms with E-state index in [1.54, 1.807) is 0 Å². The lowest BCUT2D eigenvalue weighted by Gasteiger charge is -2.34. The summed E-state index contributed by atoms with van der Waals surface area (Å²) in [7, 11) is 1.89. The van der Waals surface area contributed by atoms with Crippen LogP contribution >= 0.6 is 12.4 Å². The number of nitrogens with two attached hydrogens (primary N) is 1. The number of nitrogens with zero attached hydrogens (tertiary/aromatic N) is 1. The topological polar surface area (TPSA) is 46.3 Å². The third-order valence-corrected chi connectivity index (χ3v) is 4.25. The monoisotopic (exact) mass is 340 g/mol. The normalized spacial score (nSPS) is 11.7. The summed E-state index contributed by atoms with van der Waals surface area (Å²) in [5.74, 6) is 0.210. The van der Waals surface area contributed by atoms with Crippen molar-refractivity contribution in [2.45, 2.75) is 47.0 Å². The van der Waals surface area contributed by atoms with Gasteiger partial charge in [-0.2, -0.15) is 0 Å². The number of rotatable bonds is 8. The maximum Gasteiger partial charge on any atom is 0.227 e. The van der Waals surface area contributed by atoms with Crippen molar-refractivity contribution >= 4 is 18.3 Å². The molecule has 1 amide bonds. The van der Waals surface area contributed by atoms with Gasteiger partial charge in [0.05, 0.1) is 0 Å². The summed E-state index contributed by atoms with van der Waals surface area (Å²) < 4.78 is 0. The van der Waals surface area contributed by atoms with Gasteiger partial charge in [0, 0.05) is 19.0 Å². The van der Waals surface area contributed by atoms with Crippen LogP contribution in [0.3, 0.4) is 0 Å². The molecule has 132 valence electrons. The molecule has 0 aliphatic rings. The molecule has 0 atom stereocenters. The standard InChI is InChI=1S/C19H32N2O.ClH/c1-18(2,14-20)15-21(5)17(22)19(3,4)13-9-12-16-10-7-6-8-11-16;/h6-8,10-11H,9,12-15,20H2,1-5H3;1H. The average molecular weight is 341 g/mol. The minimum absolute atomic E-state index is 0. The fourth-order valence-corrected chi connectivity index (χ4v) is 2.78. The Hall–Kier alpha value is -1.06. The number of carbonyl (C=O) groups excluding carboxylic acids is 1. The molecule has 0 bridgehead atoms. The second-order valence-electron chi connectivity index (χ2n) is 7.75. The van der Waals surface area contributed by atoms with E-state index in [9.17, 15) is 4.79 Å². The summed E-state index contributed by atoms with van der Waals surface area (Å²) in [6.07, 6.45) is 2.94. The number of hydrogen-bond donors (Lipinski definition) is 1. The van der Waals surface area contributed by atoms with Gasteiger partial charge in [-0.3, -0.25) is 4.79 Å². The molecule has 0 fully saturated rings. The third-order valence-electron chi connectivity index (χ3n) is 4.25. The molecule has 1 rings (SSSR count). The molecule has 0 heterocycles. The summed E-state index contributed by atoms with van der Waals surface area (Å²) >= 11 is 0. The Morgan fingerprint density at radius 2 is 1.70 bits per heavy atom. The Balaban J connectivity index is 0.00000484. The number of benzene rings is 1. The molecule has 0 aliphatic heterocycles. The molecule has 1 aromatic carbocycles. The first-order chi connectivity index (χ1) is 10.2. The number of aryl methyl sites for hydroxylation is 1. The zero-order valence-corrected chi connectivity index (χ0v) is 16.1. The van der Waals surface area contributed by atoms with Crippen LogP contribution in [0.15, 0.2) is 30.3 Å². The Bertz CT molecular complexity index is 472. The fourth-order valence-electron chi connectivity index (χ4n) is 2.78. The van der Waals surface area contributed by atoms with Crippen LogP contribution in [-0.4, -0.2) is 30.9 Å². The molecule has 0 unspecified atom stereocenters. The first-order valence-corrected chi connectivity index (χ1v) is 8.17. The second-order valence-corrected chi connectivity index (χ2v) is 7.75. The Labute approximate surface area is 148 Å². The van der Waals surface area contributed by atoms with E-state index in [0.29, 0.717) is 13.1 Å².